The average Bonchev–Trinajstić information content (AvgIpc) is 2.79. The molecule has 0 amide bonds. The van der Waals surface area contributed by atoms with Gasteiger partial charge in [-0.2, -0.15) is 0 Å². The monoisotopic (exact) mass is 248 g/mol. The van der Waals surface area contributed by atoms with Gasteiger partial charge in [0, 0.05) is 25.7 Å². The number of nitrogens with one attached hydrogen (secondary N) is 1. The molecule has 0 bridgehead atoms. The Balaban J connectivity index is 1.99. The molecular formula is C15H24N2O. The van der Waals surface area contributed by atoms with Crippen LogP contribution < -0.4 is 11.1 Å². The topological polar surface area (TPSA) is 47.3 Å². The van der Waals surface area contributed by atoms with E-state index in [0.717, 1.165) is 26.0 Å². The van der Waals surface area contributed by atoms with Gasteiger partial charge in [-0.05, 0) is 37.8 Å². The molecule has 1 aromatic carbocycles. The summed E-state index contributed by atoms with van der Waals surface area (Å²) in [6, 6.07) is 8.63. The van der Waals surface area contributed by atoms with Gasteiger partial charge in [0.1, 0.15) is 0 Å². The first-order chi connectivity index (χ1) is 8.64. The van der Waals surface area contributed by atoms with E-state index in [1.54, 1.807) is 0 Å². The van der Waals surface area contributed by atoms with Crippen LogP contribution in [0.15, 0.2) is 24.3 Å². The molecule has 1 aliphatic heterocycles. The zero-order chi connectivity index (χ0) is 13.0. The van der Waals surface area contributed by atoms with Crippen molar-refractivity contribution in [2.24, 2.45) is 5.73 Å². The molecule has 3 N–H and O–H groups in total. The number of hydrogen-bond acceptors (Lipinski definition) is 3. The second-order valence-electron chi connectivity index (χ2n) is 5.43. The Morgan fingerprint density at radius 2 is 2.22 bits per heavy atom. The van der Waals surface area contributed by atoms with Crippen LogP contribution in [0.3, 0.4) is 0 Å². The van der Waals surface area contributed by atoms with Crippen LogP contribution in [-0.2, 0) is 4.74 Å². The summed E-state index contributed by atoms with van der Waals surface area (Å²) in [6.45, 7) is 6.67. The molecule has 0 aromatic heterocycles. The van der Waals surface area contributed by atoms with Crippen LogP contribution in [-0.4, -0.2) is 25.3 Å². The van der Waals surface area contributed by atoms with E-state index in [9.17, 15) is 0 Å². The molecule has 2 atom stereocenters. The standard InChI is InChI=1S/C15H24N2O/c1-12-6-3-4-7-13(12)14(10-16)17-11-15(2)8-5-9-18-15/h3-4,6-7,14,17H,5,8-11,16H2,1-2H3. The second kappa shape index (κ2) is 5.83. The van der Waals surface area contributed by atoms with Gasteiger partial charge in [-0.3, -0.25) is 0 Å². The lowest BCUT2D eigenvalue weighted by molar-refractivity contribution is 0.0189. The Labute approximate surface area is 110 Å². The zero-order valence-electron chi connectivity index (χ0n) is 11.4. The predicted octanol–water partition coefficient (Wildman–Crippen LogP) is 2.15. The molecule has 0 spiro atoms. The summed E-state index contributed by atoms with van der Waals surface area (Å²) in [7, 11) is 0. The van der Waals surface area contributed by atoms with Crippen molar-refractivity contribution in [1.82, 2.24) is 5.32 Å². The number of hydrogen-bond donors (Lipinski definition) is 2. The third-order valence-electron chi connectivity index (χ3n) is 3.82. The molecule has 1 saturated heterocycles. The Kier molecular flexibility index (Phi) is 4.38. The highest BCUT2D eigenvalue weighted by molar-refractivity contribution is 5.29. The van der Waals surface area contributed by atoms with Crippen LogP contribution in [0.2, 0.25) is 0 Å². The van der Waals surface area contributed by atoms with Crippen molar-refractivity contribution in [3.05, 3.63) is 35.4 Å². The largest absolute Gasteiger partial charge is 0.374 e. The normalized spacial score (nSPS) is 25.3. The maximum Gasteiger partial charge on any atom is 0.0779 e. The molecule has 3 nitrogen and oxygen atoms in total. The van der Waals surface area contributed by atoms with Crippen LogP contribution >= 0.6 is 0 Å². The van der Waals surface area contributed by atoms with Gasteiger partial charge >= 0.3 is 0 Å². The molecule has 2 rings (SSSR count). The summed E-state index contributed by atoms with van der Waals surface area (Å²) in [4.78, 5) is 0. The number of nitrogens with two attached hydrogens (primary N) is 1. The first kappa shape index (κ1) is 13.5. The Morgan fingerprint density at radius 1 is 1.44 bits per heavy atom. The van der Waals surface area contributed by atoms with Gasteiger partial charge in [0.2, 0.25) is 0 Å². The molecule has 0 radical (unpaired) electrons. The van der Waals surface area contributed by atoms with E-state index in [-0.39, 0.29) is 11.6 Å². The summed E-state index contributed by atoms with van der Waals surface area (Å²) >= 11 is 0. The molecule has 1 heterocycles. The Bertz CT molecular complexity index is 386. The molecule has 18 heavy (non-hydrogen) atoms. The molecule has 1 fully saturated rings. The van der Waals surface area contributed by atoms with Crippen LogP contribution in [0.1, 0.15) is 36.9 Å². The molecule has 100 valence electrons. The van der Waals surface area contributed by atoms with Crippen molar-refractivity contribution in [3.8, 4) is 0 Å². The number of benzene rings is 1. The highest BCUT2D eigenvalue weighted by Gasteiger charge is 2.30. The number of ether oxygens (including phenoxy) is 1. The van der Waals surface area contributed by atoms with E-state index in [2.05, 4.69) is 43.4 Å². The van der Waals surface area contributed by atoms with E-state index in [1.165, 1.54) is 11.1 Å². The quantitative estimate of drug-likeness (QED) is 0.839. The maximum atomic E-state index is 5.90. The van der Waals surface area contributed by atoms with Crippen molar-refractivity contribution < 1.29 is 4.74 Å². The first-order valence-electron chi connectivity index (χ1n) is 6.77. The van der Waals surface area contributed by atoms with Gasteiger partial charge in [0.05, 0.1) is 5.60 Å². The lowest BCUT2D eigenvalue weighted by atomic mass is 9.98. The molecule has 1 aliphatic rings. The molecule has 1 aromatic rings. The van der Waals surface area contributed by atoms with Crippen molar-refractivity contribution in [2.45, 2.75) is 38.3 Å². The highest BCUT2D eigenvalue weighted by atomic mass is 16.5. The minimum absolute atomic E-state index is 0.0178. The number of aryl methyl sites for hydroxylation is 1. The average molecular weight is 248 g/mol. The zero-order valence-corrected chi connectivity index (χ0v) is 11.4. The fraction of sp³-hybridized carbons (Fsp3) is 0.600. The molecule has 0 saturated carbocycles. The lowest BCUT2D eigenvalue weighted by Crippen LogP contribution is -2.41. The Morgan fingerprint density at radius 3 is 2.83 bits per heavy atom. The van der Waals surface area contributed by atoms with Crippen LogP contribution in [0.4, 0.5) is 0 Å². The van der Waals surface area contributed by atoms with Gasteiger partial charge in [-0.15, -0.1) is 0 Å². The summed E-state index contributed by atoms with van der Waals surface area (Å²) in [5, 5.41) is 3.56. The summed E-state index contributed by atoms with van der Waals surface area (Å²) < 4.78 is 5.80. The minimum Gasteiger partial charge on any atom is -0.374 e. The van der Waals surface area contributed by atoms with Gasteiger partial charge in [0.15, 0.2) is 0 Å². The predicted molar refractivity (Wildman–Crippen MR) is 74.6 cm³/mol. The van der Waals surface area contributed by atoms with Gasteiger partial charge in [-0.25, -0.2) is 0 Å². The third-order valence-corrected chi connectivity index (χ3v) is 3.82. The smallest absolute Gasteiger partial charge is 0.0779 e. The van der Waals surface area contributed by atoms with Crippen LogP contribution in [0.25, 0.3) is 0 Å². The van der Waals surface area contributed by atoms with Crippen molar-refractivity contribution >= 4 is 0 Å². The lowest BCUT2D eigenvalue weighted by Gasteiger charge is -2.27. The van der Waals surface area contributed by atoms with E-state index in [0.29, 0.717) is 6.54 Å². The maximum absolute atomic E-state index is 5.90. The summed E-state index contributed by atoms with van der Waals surface area (Å²) in [5.74, 6) is 0. The minimum atomic E-state index is -0.0178. The number of rotatable bonds is 5. The van der Waals surface area contributed by atoms with Gasteiger partial charge in [-0.1, -0.05) is 24.3 Å². The van der Waals surface area contributed by atoms with Crippen molar-refractivity contribution in [3.63, 3.8) is 0 Å². The summed E-state index contributed by atoms with van der Waals surface area (Å²) in [5.41, 5.74) is 8.46. The van der Waals surface area contributed by atoms with E-state index < -0.39 is 0 Å². The molecule has 0 aliphatic carbocycles. The van der Waals surface area contributed by atoms with E-state index in [1.807, 2.05) is 0 Å². The second-order valence-corrected chi connectivity index (χ2v) is 5.43. The third kappa shape index (κ3) is 3.10. The van der Waals surface area contributed by atoms with Crippen LogP contribution in [0.5, 0.6) is 0 Å². The molecule has 3 heteroatoms. The fourth-order valence-corrected chi connectivity index (χ4v) is 2.61. The van der Waals surface area contributed by atoms with Crippen molar-refractivity contribution in [2.75, 3.05) is 19.7 Å². The van der Waals surface area contributed by atoms with E-state index in [4.69, 9.17) is 10.5 Å². The van der Waals surface area contributed by atoms with Crippen molar-refractivity contribution in [1.29, 1.82) is 0 Å². The highest BCUT2D eigenvalue weighted by Crippen LogP contribution is 2.25. The fourth-order valence-electron chi connectivity index (χ4n) is 2.61. The van der Waals surface area contributed by atoms with Crippen LogP contribution in [0, 0.1) is 6.92 Å². The summed E-state index contributed by atoms with van der Waals surface area (Å²) in [6.07, 6.45) is 2.29. The Hall–Kier alpha value is -0.900. The molecular weight excluding hydrogens is 224 g/mol. The van der Waals surface area contributed by atoms with Gasteiger partial charge in [0.25, 0.3) is 0 Å². The molecule has 2 unspecified atom stereocenters. The van der Waals surface area contributed by atoms with Gasteiger partial charge < -0.3 is 15.8 Å². The first-order valence-corrected chi connectivity index (χ1v) is 6.77. The SMILES string of the molecule is Cc1ccccc1C(CN)NCC1(C)CCCO1. The van der Waals surface area contributed by atoms with E-state index >= 15 is 0 Å².